The second kappa shape index (κ2) is 11.5. The highest BCUT2D eigenvalue weighted by Gasteiger charge is 2.33. The number of benzene rings is 1. The average molecular weight is 565 g/mol. The number of carbonyl (C=O) groups is 1. The van der Waals surface area contributed by atoms with E-state index in [4.69, 9.17) is 4.74 Å². The van der Waals surface area contributed by atoms with Gasteiger partial charge in [0.1, 0.15) is 21.9 Å². The van der Waals surface area contributed by atoms with Crippen LogP contribution in [-0.4, -0.2) is 38.9 Å². The Labute approximate surface area is 212 Å². The maximum absolute atomic E-state index is 13.8. The van der Waals surface area contributed by atoms with E-state index in [1.807, 2.05) is 0 Å². The quantitative estimate of drug-likeness (QED) is 0.286. The van der Waals surface area contributed by atoms with Crippen LogP contribution in [0.5, 0.6) is 0 Å². The summed E-state index contributed by atoms with van der Waals surface area (Å²) in [6.45, 7) is 6.96. The summed E-state index contributed by atoms with van der Waals surface area (Å²) in [7, 11) is 1.46. The Morgan fingerprint density at radius 2 is 1.92 bits per heavy atom. The molecule has 1 aliphatic heterocycles. The Morgan fingerprint density at radius 1 is 1.22 bits per heavy atom. The summed E-state index contributed by atoms with van der Waals surface area (Å²) in [5, 5.41) is 2.54. The third kappa shape index (κ3) is 6.10. The van der Waals surface area contributed by atoms with Gasteiger partial charge in [0.05, 0.1) is 20.2 Å². The lowest BCUT2D eigenvalue weighted by Gasteiger charge is -2.39. The highest BCUT2D eigenvalue weighted by atomic mass is 79.9. The van der Waals surface area contributed by atoms with Crippen LogP contribution in [0.25, 0.3) is 0 Å². The SMILES string of the molecule is C=C/C(=C\C=C\N=C1NC(=O)N(Cc2nc(Br)c[nH]c2=O)C(=C)N1Cc1cc(F)c(F)c(F)c1)OC. The minimum Gasteiger partial charge on any atom is -0.497 e. The van der Waals surface area contributed by atoms with Crippen molar-refractivity contribution in [3.8, 4) is 0 Å². The van der Waals surface area contributed by atoms with Crippen LogP contribution in [0.15, 0.2) is 81.9 Å². The van der Waals surface area contributed by atoms with Gasteiger partial charge >= 0.3 is 6.03 Å². The molecule has 0 bridgehead atoms. The van der Waals surface area contributed by atoms with Crippen LogP contribution >= 0.6 is 15.9 Å². The molecule has 0 radical (unpaired) electrons. The Balaban J connectivity index is 1.98. The number of hydrogen-bond acceptors (Lipinski definition) is 5. The summed E-state index contributed by atoms with van der Waals surface area (Å²) in [6, 6.07) is 0.955. The lowest BCUT2D eigenvalue weighted by atomic mass is 10.2. The number of rotatable bonds is 8. The van der Waals surface area contributed by atoms with Crippen LogP contribution in [-0.2, 0) is 17.8 Å². The molecule has 0 atom stereocenters. The number of methoxy groups -OCH3 is 1. The van der Waals surface area contributed by atoms with Gasteiger partial charge in [-0.15, -0.1) is 0 Å². The van der Waals surface area contributed by atoms with Crippen molar-refractivity contribution in [3.63, 3.8) is 0 Å². The zero-order valence-corrected chi connectivity index (χ0v) is 20.5. The number of aliphatic imine (C=N–C) groups is 1. The van der Waals surface area contributed by atoms with E-state index in [0.717, 1.165) is 17.0 Å². The van der Waals surface area contributed by atoms with Gasteiger partial charge in [-0.25, -0.2) is 27.9 Å². The molecule has 0 saturated carbocycles. The number of ether oxygens (including phenoxy) is 1. The summed E-state index contributed by atoms with van der Waals surface area (Å²) in [5.74, 6) is -3.92. The Hall–Kier alpha value is -4.13. The summed E-state index contributed by atoms with van der Waals surface area (Å²) in [4.78, 5) is 38.2. The topological polar surface area (TPSA) is 103 Å². The van der Waals surface area contributed by atoms with E-state index in [-0.39, 0.29) is 36.1 Å². The van der Waals surface area contributed by atoms with E-state index in [9.17, 15) is 22.8 Å². The van der Waals surface area contributed by atoms with Gasteiger partial charge in [-0.1, -0.05) is 13.2 Å². The van der Waals surface area contributed by atoms with Gasteiger partial charge in [0.15, 0.2) is 17.5 Å². The van der Waals surface area contributed by atoms with Gasteiger partial charge in [-0.3, -0.25) is 19.9 Å². The molecule has 9 nitrogen and oxygen atoms in total. The van der Waals surface area contributed by atoms with Gasteiger partial charge in [0.2, 0.25) is 5.96 Å². The first-order valence-corrected chi connectivity index (χ1v) is 11.0. The van der Waals surface area contributed by atoms with Crippen molar-refractivity contribution in [2.75, 3.05) is 7.11 Å². The molecule has 2 heterocycles. The second-order valence-electron chi connectivity index (χ2n) is 7.16. The lowest BCUT2D eigenvalue weighted by Crippen LogP contribution is -2.57. The fraction of sp³-hybridized carbons (Fsp3) is 0.130. The first-order valence-electron chi connectivity index (χ1n) is 10.2. The number of nitrogens with zero attached hydrogens (tertiary/aromatic N) is 4. The largest absolute Gasteiger partial charge is 0.497 e. The van der Waals surface area contributed by atoms with Gasteiger partial charge in [0.25, 0.3) is 5.56 Å². The smallest absolute Gasteiger partial charge is 0.330 e. The molecule has 1 aromatic heterocycles. The molecule has 2 N–H and O–H groups in total. The van der Waals surface area contributed by atoms with Crippen molar-refractivity contribution in [3.05, 3.63) is 111 Å². The number of aromatic nitrogens is 2. The zero-order valence-electron chi connectivity index (χ0n) is 18.9. The van der Waals surface area contributed by atoms with Crippen LogP contribution in [0.1, 0.15) is 11.3 Å². The summed E-state index contributed by atoms with van der Waals surface area (Å²) in [6.07, 6.45) is 7.22. The minimum atomic E-state index is -1.61. The van der Waals surface area contributed by atoms with Crippen molar-refractivity contribution < 1.29 is 22.7 Å². The van der Waals surface area contributed by atoms with Crippen LogP contribution in [0, 0.1) is 17.5 Å². The maximum atomic E-state index is 13.8. The first-order chi connectivity index (χ1) is 17.1. The summed E-state index contributed by atoms with van der Waals surface area (Å²) < 4.78 is 46.5. The number of nitrogens with one attached hydrogen (secondary N) is 2. The molecule has 1 fully saturated rings. The van der Waals surface area contributed by atoms with Gasteiger partial charge in [-0.05, 0) is 51.9 Å². The number of guanidine groups is 1. The van der Waals surface area contributed by atoms with Crippen LogP contribution in [0.3, 0.4) is 0 Å². The number of hydrogen-bond donors (Lipinski definition) is 2. The highest BCUT2D eigenvalue weighted by Crippen LogP contribution is 2.22. The molecule has 36 heavy (non-hydrogen) atoms. The molecule has 0 spiro atoms. The number of aromatic amines is 1. The minimum absolute atomic E-state index is 0.00133. The number of urea groups is 1. The molecule has 188 valence electrons. The average Bonchev–Trinajstić information content (AvgIpc) is 2.84. The number of amides is 2. The second-order valence-corrected chi connectivity index (χ2v) is 7.98. The Kier molecular flexibility index (Phi) is 8.48. The third-order valence-corrected chi connectivity index (χ3v) is 5.25. The molecule has 0 unspecified atom stereocenters. The van der Waals surface area contributed by atoms with Crippen molar-refractivity contribution in [2.24, 2.45) is 4.99 Å². The van der Waals surface area contributed by atoms with Crippen LogP contribution in [0.2, 0.25) is 0 Å². The molecule has 1 aliphatic rings. The van der Waals surface area contributed by atoms with Crippen molar-refractivity contribution in [2.45, 2.75) is 13.1 Å². The van der Waals surface area contributed by atoms with Gasteiger partial charge in [-0.2, -0.15) is 0 Å². The number of allylic oxidation sites excluding steroid dienone is 3. The summed E-state index contributed by atoms with van der Waals surface area (Å²) >= 11 is 3.15. The predicted molar refractivity (Wildman–Crippen MR) is 129 cm³/mol. The van der Waals surface area contributed by atoms with E-state index in [1.54, 1.807) is 6.08 Å². The monoisotopic (exact) mass is 564 g/mol. The van der Waals surface area contributed by atoms with Crippen LogP contribution < -0.4 is 10.9 Å². The number of carbonyl (C=O) groups excluding carboxylic acids is 1. The summed E-state index contributed by atoms with van der Waals surface area (Å²) in [5.41, 5.74) is -0.494. The zero-order chi connectivity index (χ0) is 26.4. The third-order valence-electron chi connectivity index (χ3n) is 4.84. The standard InChI is InChI=1S/C23H20BrF3N6O3/c1-4-15(36-3)6-5-7-28-22-31-23(35)33(12-18-21(34)29-10-19(24)30-18)13(2)32(22)11-14-8-16(25)20(27)17(26)9-14/h4-10H,1-2,11-12H2,3H3,(H,29,34)(H,28,31,35)/b7-5+,15-6+. The first kappa shape index (κ1) is 26.5. The van der Waals surface area contributed by atoms with Crippen molar-refractivity contribution >= 4 is 27.9 Å². The Bertz CT molecular complexity index is 1330. The highest BCUT2D eigenvalue weighted by molar-refractivity contribution is 9.10. The van der Waals surface area contributed by atoms with Crippen molar-refractivity contribution in [1.82, 2.24) is 25.1 Å². The number of H-pyrrole nitrogens is 1. The van der Waals surface area contributed by atoms with Gasteiger partial charge in [0, 0.05) is 12.4 Å². The molecule has 0 aliphatic carbocycles. The molecule has 3 rings (SSSR count). The fourth-order valence-corrected chi connectivity index (χ4v) is 3.41. The molecular weight excluding hydrogens is 545 g/mol. The van der Waals surface area contributed by atoms with Crippen molar-refractivity contribution in [1.29, 1.82) is 0 Å². The molecule has 2 amide bonds. The number of halogens is 4. The maximum Gasteiger partial charge on any atom is 0.330 e. The predicted octanol–water partition coefficient (Wildman–Crippen LogP) is 4.03. The van der Waals surface area contributed by atoms with Gasteiger partial charge < -0.3 is 9.72 Å². The Morgan fingerprint density at radius 3 is 2.56 bits per heavy atom. The fourth-order valence-electron chi connectivity index (χ4n) is 3.08. The molecule has 1 aromatic carbocycles. The van der Waals surface area contributed by atoms with E-state index < -0.39 is 29.0 Å². The van der Waals surface area contributed by atoms with E-state index in [2.05, 4.69) is 49.4 Å². The molecule has 1 saturated heterocycles. The lowest BCUT2D eigenvalue weighted by molar-refractivity contribution is 0.187. The van der Waals surface area contributed by atoms with E-state index in [0.29, 0.717) is 10.4 Å². The van der Waals surface area contributed by atoms with E-state index >= 15 is 0 Å². The van der Waals surface area contributed by atoms with Crippen LogP contribution in [0.4, 0.5) is 18.0 Å². The molecule has 2 aromatic rings. The molecule has 13 heteroatoms. The molecular formula is C23H20BrF3N6O3. The normalized spacial score (nSPS) is 15.6. The van der Waals surface area contributed by atoms with E-state index in [1.165, 1.54) is 36.6 Å².